The van der Waals surface area contributed by atoms with Crippen molar-refractivity contribution in [3.8, 4) is 0 Å². The lowest BCUT2D eigenvalue weighted by atomic mass is 10.0. The van der Waals surface area contributed by atoms with E-state index in [4.69, 9.17) is 0 Å². The van der Waals surface area contributed by atoms with Crippen LogP contribution in [0.1, 0.15) is 32.3 Å². The number of amides is 2. The lowest BCUT2D eigenvalue weighted by molar-refractivity contribution is -0.118. The van der Waals surface area contributed by atoms with Crippen molar-refractivity contribution in [2.45, 2.75) is 37.6 Å². The van der Waals surface area contributed by atoms with Crippen LogP contribution < -0.4 is 14.9 Å². The van der Waals surface area contributed by atoms with E-state index in [9.17, 15) is 18.0 Å². The van der Waals surface area contributed by atoms with E-state index in [0.717, 1.165) is 12.1 Å². The van der Waals surface area contributed by atoms with E-state index >= 15 is 0 Å². The van der Waals surface area contributed by atoms with E-state index in [-0.39, 0.29) is 28.5 Å². The van der Waals surface area contributed by atoms with Gasteiger partial charge in [0.05, 0.1) is 4.90 Å². The average Bonchev–Trinajstić information content (AvgIpc) is 3.27. The Hall–Kier alpha value is -3.20. The summed E-state index contributed by atoms with van der Waals surface area (Å²) in [5.74, 6) is -0.285. The zero-order valence-electron chi connectivity index (χ0n) is 17.3. The van der Waals surface area contributed by atoms with Crippen molar-refractivity contribution in [2.75, 3.05) is 16.8 Å². The summed E-state index contributed by atoms with van der Waals surface area (Å²) >= 11 is 0. The summed E-state index contributed by atoms with van der Waals surface area (Å²) in [6.45, 7) is 4.37. The maximum atomic E-state index is 13.0. The van der Waals surface area contributed by atoms with E-state index in [1.54, 1.807) is 41.3 Å². The number of rotatable bonds is 5. The minimum atomic E-state index is -3.68. The molecule has 162 valence electrons. The second-order valence-corrected chi connectivity index (χ2v) is 9.61. The summed E-state index contributed by atoms with van der Waals surface area (Å²) in [4.78, 5) is 31.4. The van der Waals surface area contributed by atoms with Crippen molar-refractivity contribution in [3.63, 3.8) is 0 Å². The summed E-state index contributed by atoms with van der Waals surface area (Å²) in [7, 11) is -3.68. The molecule has 2 aromatic carbocycles. The fraction of sp³-hybridized carbons (Fsp3) is 0.318. The molecule has 8 nitrogen and oxygen atoms in total. The van der Waals surface area contributed by atoms with Gasteiger partial charge in [-0.05, 0) is 42.7 Å². The highest BCUT2D eigenvalue weighted by Gasteiger charge is 2.32. The van der Waals surface area contributed by atoms with Crippen molar-refractivity contribution in [1.82, 2.24) is 4.72 Å². The van der Waals surface area contributed by atoms with Gasteiger partial charge in [0.25, 0.3) is 10.0 Å². The van der Waals surface area contributed by atoms with Crippen LogP contribution in [0.4, 0.5) is 11.4 Å². The lowest BCUT2D eigenvalue weighted by Crippen LogP contribution is -2.34. The number of sulfonamides is 1. The van der Waals surface area contributed by atoms with Gasteiger partial charge in [0.15, 0.2) is 0 Å². The number of amidine groups is 1. The molecule has 2 amide bonds. The molecule has 0 aliphatic carbocycles. The molecular formula is C22H24N4O4S. The monoisotopic (exact) mass is 440 g/mol. The average molecular weight is 441 g/mol. The molecule has 2 aliphatic heterocycles. The van der Waals surface area contributed by atoms with Crippen molar-refractivity contribution >= 4 is 39.0 Å². The topological polar surface area (TPSA) is 108 Å². The second kappa shape index (κ2) is 8.14. The van der Waals surface area contributed by atoms with Gasteiger partial charge in [0, 0.05) is 29.9 Å². The minimum absolute atomic E-state index is 0.0714. The van der Waals surface area contributed by atoms with Crippen LogP contribution in [0.25, 0.3) is 0 Å². The molecule has 0 aromatic heterocycles. The SMILES string of the molecule is CC(C)[C@H](N=C1NS(=O)(=O)c2ccccc21)C(=O)Nc1cccc(N2CCCC2=O)c1. The number of benzene rings is 2. The molecule has 1 saturated heterocycles. The van der Waals surface area contributed by atoms with Crippen LogP contribution in [0.15, 0.2) is 58.4 Å². The summed E-state index contributed by atoms with van der Waals surface area (Å²) in [5.41, 5.74) is 1.75. The molecule has 0 spiro atoms. The Kier molecular flexibility index (Phi) is 5.53. The van der Waals surface area contributed by atoms with Gasteiger partial charge in [0.1, 0.15) is 11.9 Å². The highest BCUT2D eigenvalue weighted by Crippen LogP contribution is 2.26. The number of anilines is 2. The smallest absolute Gasteiger partial charge is 0.263 e. The first-order valence-electron chi connectivity index (χ1n) is 10.2. The maximum Gasteiger partial charge on any atom is 0.263 e. The zero-order valence-corrected chi connectivity index (χ0v) is 18.1. The third-order valence-electron chi connectivity index (χ3n) is 5.33. The number of nitrogens with one attached hydrogen (secondary N) is 2. The molecule has 4 rings (SSSR count). The molecule has 0 saturated carbocycles. The normalized spacial score (nSPS) is 19.4. The van der Waals surface area contributed by atoms with Gasteiger partial charge in [-0.1, -0.05) is 32.0 Å². The van der Waals surface area contributed by atoms with Crippen LogP contribution >= 0.6 is 0 Å². The van der Waals surface area contributed by atoms with Crippen molar-refractivity contribution < 1.29 is 18.0 Å². The number of hydrogen-bond acceptors (Lipinski definition) is 5. The van der Waals surface area contributed by atoms with E-state index in [1.165, 1.54) is 6.07 Å². The second-order valence-electron chi connectivity index (χ2n) is 7.96. The Labute approximate surface area is 181 Å². The third kappa shape index (κ3) is 4.18. The van der Waals surface area contributed by atoms with Gasteiger partial charge in [-0.25, -0.2) is 8.42 Å². The molecule has 0 radical (unpaired) electrons. The van der Waals surface area contributed by atoms with Crippen LogP contribution in [0, 0.1) is 5.92 Å². The fourth-order valence-electron chi connectivity index (χ4n) is 3.77. The summed E-state index contributed by atoms with van der Waals surface area (Å²) < 4.78 is 27.1. The van der Waals surface area contributed by atoms with E-state index in [0.29, 0.717) is 24.2 Å². The van der Waals surface area contributed by atoms with Gasteiger partial charge >= 0.3 is 0 Å². The first-order valence-corrected chi connectivity index (χ1v) is 11.7. The molecule has 9 heteroatoms. The molecule has 0 bridgehead atoms. The van der Waals surface area contributed by atoms with E-state index < -0.39 is 16.1 Å². The Balaban J connectivity index is 1.58. The highest BCUT2D eigenvalue weighted by molar-refractivity contribution is 7.90. The van der Waals surface area contributed by atoms with E-state index in [1.807, 2.05) is 19.9 Å². The van der Waals surface area contributed by atoms with Crippen LogP contribution in [0.2, 0.25) is 0 Å². The number of carbonyl (C=O) groups is 2. The predicted octanol–water partition coefficient (Wildman–Crippen LogP) is 2.52. The van der Waals surface area contributed by atoms with Gasteiger partial charge in [-0.3, -0.25) is 19.3 Å². The van der Waals surface area contributed by atoms with Gasteiger partial charge < -0.3 is 10.2 Å². The van der Waals surface area contributed by atoms with Crippen LogP contribution in [0.3, 0.4) is 0 Å². The van der Waals surface area contributed by atoms with Crippen molar-refractivity contribution in [2.24, 2.45) is 10.9 Å². The summed E-state index contributed by atoms with van der Waals surface area (Å²) in [5, 5.41) is 2.86. The molecule has 2 aliphatic rings. The lowest BCUT2D eigenvalue weighted by Gasteiger charge is -2.19. The van der Waals surface area contributed by atoms with Crippen molar-refractivity contribution in [1.29, 1.82) is 0 Å². The molecule has 2 aromatic rings. The Bertz CT molecular complexity index is 1170. The summed E-state index contributed by atoms with van der Waals surface area (Å²) in [6, 6.07) is 12.9. The number of nitrogens with zero attached hydrogens (tertiary/aromatic N) is 2. The molecule has 0 unspecified atom stereocenters. The molecule has 1 fully saturated rings. The predicted molar refractivity (Wildman–Crippen MR) is 119 cm³/mol. The van der Waals surface area contributed by atoms with Gasteiger partial charge in [-0.15, -0.1) is 0 Å². The zero-order chi connectivity index (χ0) is 22.2. The minimum Gasteiger partial charge on any atom is -0.324 e. The van der Waals surface area contributed by atoms with Crippen molar-refractivity contribution in [3.05, 3.63) is 54.1 Å². The quantitative estimate of drug-likeness (QED) is 0.745. The third-order valence-corrected chi connectivity index (χ3v) is 6.73. The van der Waals surface area contributed by atoms with Crippen LogP contribution in [0.5, 0.6) is 0 Å². The largest absolute Gasteiger partial charge is 0.324 e. The molecule has 2 N–H and O–H groups in total. The Morgan fingerprint density at radius 3 is 2.65 bits per heavy atom. The first kappa shape index (κ1) is 21.0. The number of aliphatic imine (C=N–C) groups is 1. The fourth-order valence-corrected chi connectivity index (χ4v) is 5.01. The molecule has 1 atom stereocenters. The van der Waals surface area contributed by atoms with Gasteiger partial charge in [-0.2, -0.15) is 0 Å². The maximum absolute atomic E-state index is 13.0. The Morgan fingerprint density at radius 1 is 1.16 bits per heavy atom. The molecule has 31 heavy (non-hydrogen) atoms. The summed E-state index contributed by atoms with van der Waals surface area (Å²) in [6.07, 6.45) is 1.35. The van der Waals surface area contributed by atoms with E-state index in [2.05, 4.69) is 15.0 Å². The number of carbonyl (C=O) groups excluding carboxylic acids is 2. The van der Waals surface area contributed by atoms with Gasteiger partial charge in [0.2, 0.25) is 11.8 Å². The van der Waals surface area contributed by atoms with Crippen LogP contribution in [-0.4, -0.2) is 38.7 Å². The number of hydrogen-bond donors (Lipinski definition) is 2. The Morgan fingerprint density at radius 2 is 1.94 bits per heavy atom. The molecule has 2 heterocycles. The first-order chi connectivity index (χ1) is 14.8. The number of fused-ring (bicyclic) bond motifs is 1. The highest BCUT2D eigenvalue weighted by atomic mass is 32.2. The standard InChI is InChI=1S/C22H24N4O4S/c1-14(2)20(24-21-17-9-3-4-10-18(17)31(29,30)25-21)22(28)23-15-7-5-8-16(13-15)26-12-6-11-19(26)27/h3-5,7-10,13-14,20H,6,11-12H2,1-2H3,(H,23,28)(H,24,25)/t20-/m0/s1. The van der Waals surface area contributed by atoms with Crippen LogP contribution in [-0.2, 0) is 19.6 Å². The molecular weight excluding hydrogens is 416 g/mol.